The van der Waals surface area contributed by atoms with E-state index in [0.717, 1.165) is 18.2 Å². The minimum atomic E-state index is -1.83. The van der Waals surface area contributed by atoms with Crippen LogP contribution in [0.2, 0.25) is 0 Å². The van der Waals surface area contributed by atoms with Crippen LogP contribution < -0.4 is 10.6 Å². The molecule has 0 aliphatic carbocycles. The third kappa shape index (κ3) is 3.67. The zero-order valence-electron chi connectivity index (χ0n) is 11.8. The first-order valence-corrected chi connectivity index (χ1v) is 6.46. The number of carbonyl (C=O) groups excluding carboxylic acids is 2. The van der Waals surface area contributed by atoms with E-state index in [1.807, 2.05) is 10.6 Å². The van der Waals surface area contributed by atoms with Gasteiger partial charge in [-0.3, -0.25) is 9.59 Å². The van der Waals surface area contributed by atoms with Gasteiger partial charge in [-0.25, -0.2) is 22.0 Å². The van der Waals surface area contributed by atoms with Gasteiger partial charge >= 0.3 is 0 Å². The Hall–Kier alpha value is -2.97. The van der Waals surface area contributed by atoms with Crippen molar-refractivity contribution in [2.24, 2.45) is 0 Å². The van der Waals surface area contributed by atoms with Gasteiger partial charge in [0.05, 0.1) is 12.1 Å². The Morgan fingerprint density at radius 2 is 1.46 bits per heavy atom. The Morgan fingerprint density at radius 3 is 2.08 bits per heavy atom. The van der Waals surface area contributed by atoms with Crippen LogP contribution in [-0.2, 0) is 4.79 Å². The first-order valence-electron chi connectivity index (χ1n) is 6.46. The number of benzene rings is 2. The number of hydrogen-bond acceptors (Lipinski definition) is 2. The minimum absolute atomic E-state index is 0.544. The molecule has 2 aromatic rings. The lowest BCUT2D eigenvalue weighted by Crippen LogP contribution is -2.33. The molecule has 0 saturated carbocycles. The maximum Gasteiger partial charge on any atom is 0.254 e. The van der Waals surface area contributed by atoms with Crippen molar-refractivity contribution < 1.29 is 31.5 Å². The zero-order chi connectivity index (χ0) is 17.9. The molecule has 0 saturated heterocycles. The van der Waals surface area contributed by atoms with Crippen molar-refractivity contribution in [3.05, 3.63) is 65.0 Å². The maximum absolute atomic E-state index is 13.4. The number of para-hydroxylation sites is 1. The molecular formula is C15H9F5N2O2. The highest BCUT2D eigenvalue weighted by atomic mass is 19.2. The van der Waals surface area contributed by atoms with E-state index in [4.69, 9.17) is 0 Å². The fourth-order valence-corrected chi connectivity index (χ4v) is 1.76. The first kappa shape index (κ1) is 17.4. The molecule has 9 heteroatoms. The molecule has 2 amide bonds. The number of halogens is 5. The molecule has 0 radical (unpaired) electrons. The van der Waals surface area contributed by atoms with Crippen molar-refractivity contribution in [1.29, 1.82) is 0 Å². The van der Waals surface area contributed by atoms with Crippen LogP contribution in [0.5, 0.6) is 0 Å². The topological polar surface area (TPSA) is 58.2 Å². The van der Waals surface area contributed by atoms with Gasteiger partial charge in [0, 0.05) is 0 Å². The van der Waals surface area contributed by atoms with Crippen LogP contribution in [0.15, 0.2) is 30.3 Å². The van der Waals surface area contributed by atoms with E-state index in [9.17, 15) is 31.5 Å². The summed E-state index contributed by atoms with van der Waals surface area (Å²) >= 11 is 0. The van der Waals surface area contributed by atoms with Gasteiger partial charge in [-0.05, 0) is 24.3 Å². The summed E-state index contributed by atoms with van der Waals surface area (Å²) in [6.45, 7) is -0.773. The summed E-state index contributed by atoms with van der Waals surface area (Å²) in [7, 11) is 0. The van der Waals surface area contributed by atoms with Crippen LogP contribution in [0.3, 0.4) is 0 Å². The normalized spacial score (nSPS) is 10.4. The molecular weight excluding hydrogens is 335 g/mol. The molecule has 0 aliphatic heterocycles. The van der Waals surface area contributed by atoms with Crippen molar-refractivity contribution in [3.8, 4) is 0 Å². The fraction of sp³-hybridized carbons (Fsp3) is 0.0667. The Labute approximate surface area is 132 Å². The van der Waals surface area contributed by atoms with Crippen LogP contribution in [0, 0.1) is 29.1 Å². The lowest BCUT2D eigenvalue weighted by atomic mass is 10.2. The third-order valence-electron chi connectivity index (χ3n) is 2.92. The molecule has 0 aromatic heterocycles. The summed E-state index contributed by atoms with van der Waals surface area (Å²) in [5.41, 5.74) is -1.53. The highest BCUT2D eigenvalue weighted by Crippen LogP contribution is 2.18. The smallest absolute Gasteiger partial charge is 0.254 e. The molecule has 0 spiro atoms. The van der Waals surface area contributed by atoms with Crippen LogP contribution in [0.1, 0.15) is 10.4 Å². The molecule has 2 N–H and O–H groups in total. The second-order valence-corrected chi connectivity index (χ2v) is 4.55. The monoisotopic (exact) mass is 344 g/mol. The van der Waals surface area contributed by atoms with Crippen LogP contribution in [0.25, 0.3) is 0 Å². The highest BCUT2D eigenvalue weighted by Gasteiger charge is 2.19. The molecule has 0 heterocycles. The summed E-state index contributed by atoms with van der Waals surface area (Å²) in [5.74, 6) is -9.28. The van der Waals surface area contributed by atoms with Crippen molar-refractivity contribution in [2.75, 3.05) is 11.9 Å². The maximum atomic E-state index is 13.4. The quantitative estimate of drug-likeness (QED) is 0.662. The molecule has 2 aromatic carbocycles. The third-order valence-corrected chi connectivity index (χ3v) is 2.92. The Bertz CT molecular complexity index is 790. The van der Waals surface area contributed by atoms with Gasteiger partial charge < -0.3 is 10.6 Å². The van der Waals surface area contributed by atoms with Gasteiger partial charge in [-0.1, -0.05) is 6.07 Å². The average molecular weight is 344 g/mol. The van der Waals surface area contributed by atoms with Crippen molar-refractivity contribution in [2.45, 2.75) is 0 Å². The zero-order valence-corrected chi connectivity index (χ0v) is 11.8. The minimum Gasteiger partial charge on any atom is -0.343 e. The Balaban J connectivity index is 2.02. The van der Waals surface area contributed by atoms with Crippen LogP contribution in [-0.4, -0.2) is 18.4 Å². The number of hydrogen-bond donors (Lipinski definition) is 2. The second-order valence-electron chi connectivity index (χ2n) is 4.55. The standard InChI is InChI=1S/C15H9F5N2O2/c16-8-5-4-7(12(19)13(8)20)15(24)21-6-11(23)22-14-9(17)2-1-3-10(14)18/h1-5H,6H2,(H,21,24)(H,22,23). The number of rotatable bonds is 4. The fourth-order valence-electron chi connectivity index (χ4n) is 1.76. The summed E-state index contributed by atoms with van der Waals surface area (Å²) < 4.78 is 65.9. The lowest BCUT2D eigenvalue weighted by molar-refractivity contribution is -0.115. The predicted molar refractivity (Wildman–Crippen MR) is 73.6 cm³/mol. The van der Waals surface area contributed by atoms with Gasteiger partial charge in [-0.2, -0.15) is 0 Å². The Kier molecular flexibility index (Phi) is 5.12. The molecule has 0 unspecified atom stereocenters. The van der Waals surface area contributed by atoms with E-state index in [1.165, 1.54) is 0 Å². The molecule has 4 nitrogen and oxygen atoms in total. The van der Waals surface area contributed by atoms with E-state index in [2.05, 4.69) is 0 Å². The van der Waals surface area contributed by atoms with Gasteiger partial charge in [0.15, 0.2) is 17.5 Å². The number of anilines is 1. The van der Waals surface area contributed by atoms with E-state index < -0.39 is 58.7 Å². The number of carbonyl (C=O) groups is 2. The second kappa shape index (κ2) is 7.07. The van der Waals surface area contributed by atoms with Crippen molar-refractivity contribution >= 4 is 17.5 Å². The van der Waals surface area contributed by atoms with Crippen LogP contribution >= 0.6 is 0 Å². The van der Waals surface area contributed by atoms with Crippen molar-refractivity contribution in [3.63, 3.8) is 0 Å². The SMILES string of the molecule is O=C(CNC(=O)c1ccc(F)c(F)c1F)Nc1c(F)cccc1F. The Morgan fingerprint density at radius 1 is 0.833 bits per heavy atom. The first-order chi connectivity index (χ1) is 11.3. The van der Waals surface area contributed by atoms with E-state index >= 15 is 0 Å². The highest BCUT2D eigenvalue weighted by molar-refractivity contribution is 5.99. The predicted octanol–water partition coefficient (Wildman–Crippen LogP) is 2.75. The number of nitrogens with one attached hydrogen (secondary N) is 2. The van der Waals surface area contributed by atoms with E-state index in [1.54, 1.807) is 0 Å². The molecule has 0 aliphatic rings. The lowest BCUT2D eigenvalue weighted by Gasteiger charge is -2.09. The molecule has 2 rings (SSSR count). The van der Waals surface area contributed by atoms with Gasteiger partial charge in [-0.15, -0.1) is 0 Å². The molecule has 0 bridgehead atoms. The average Bonchev–Trinajstić information content (AvgIpc) is 2.54. The number of amides is 2. The summed E-state index contributed by atoms with van der Waals surface area (Å²) in [5, 5.41) is 3.81. The van der Waals surface area contributed by atoms with Gasteiger partial charge in [0.1, 0.15) is 17.3 Å². The van der Waals surface area contributed by atoms with Gasteiger partial charge in [0.2, 0.25) is 5.91 Å². The van der Waals surface area contributed by atoms with Gasteiger partial charge in [0.25, 0.3) is 5.91 Å². The molecule has 0 atom stereocenters. The molecule has 24 heavy (non-hydrogen) atoms. The molecule has 126 valence electrons. The summed E-state index contributed by atoms with van der Waals surface area (Å²) in [6.07, 6.45) is 0. The molecule has 0 fully saturated rings. The van der Waals surface area contributed by atoms with Crippen molar-refractivity contribution in [1.82, 2.24) is 5.32 Å². The largest absolute Gasteiger partial charge is 0.343 e. The van der Waals surface area contributed by atoms with Crippen LogP contribution in [0.4, 0.5) is 27.6 Å². The summed E-state index contributed by atoms with van der Waals surface area (Å²) in [4.78, 5) is 23.2. The summed E-state index contributed by atoms with van der Waals surface area (Å²) in [6, 6.07) is 4.15. The van der Waals surface area contributed by atoms with E-state index in [-0.39, 0.29) is 0 Å². The van der Waals surface area contributed by atoms with E-state index in [0.29, 0.717) is 12.1 Å².